The summed E-state index contributed by atoms with van der Waals surface area (Å²) < 4.78 is 0.987. The molecule has 0 aliphatic carbocycles. The Balaban J connectivity index is 2.41. The Morgan fingerprint density at radius 1 is 1.06 bits per heavy atom. The van der Waals surface area contributed by atoms with E-state index in [1.807, 2.05) is 18.2 Å². The topological polar surface area (TPSA) is 17.1 Å². The number of aryl methyl sites for hydroxylation is 2. The first kappa shape index (κ1) is 13.4. The van der Waals surface area contributed by atoms with E-state index in [-0.39, 0.29) is 0 Å². The summed E-state index contributed by atoms with van der Waals surface area (Å²) in [7, 11) is 0. The third-order valence-electron chi connectivity index (χ3n) is 2.67. The second-order valence-electron chi connectivity index (χ2n) is 4.17. The lowest BCUT2D eigenvalue weighted by Crippen LogP contribution is -1.87. The van der Waals surface area contributed by atoms with Crippen LogP contribution in [-0.2, 0) is 0 Å². The van der Waals surface area contributed by atoms with Gasteiger partial charge in [0.15, 0.2) is 6.29 Å². The zero-order chi connectivity index (χ0) is 13.1. The summed E-state index contributed by atoms with van der Waals surface area (Å²) in [5.41, 5.74) is 3.18. The average molecular weight is 321 g/mol. The standard InChI is InChI=1S/C15H13BrOS/c1-10-3-4-11(2)14(7-10)18-15-8-13(16)6-5-12(15)9-17/h3-9H,1-2H3. The highest BCUT2D eigenvalue weighted by Gasteiger charge is 2.07. The summed E-state index contributed by atoms with van der Waals surface area (Å²) in [6, 6.07) is 12.1. The zero-order valence-electron chi connectivity index (χ0n) is 10.2. The minimum atomic E-state index is 0.726. The van der Waals surface area contributed by atoms with E-state index in [0.29, 0.717) is 0 Å². The van der Waals surface area contributed by atoms with Gasteiger partial charge in [0.1, 0.15) is 0 Å². The van der Waals surface area contributed by atoms with Crippen molar-refractivity contribution in [1.29, 1.82) is 0 Å². The van der Waals surface area contributed by atoms with Crippen LogP contribution in [0.3, 0.4) is 0 Å². The van der Waals surface area contributed by atoms with Crippen molar-refractivity contribution in [1.82, 2.24) is 0 Å². The lowest BCUT2D eigenvalue weighted by Gasteiger charge is -2.09. The monoisotopic (exact) mass is 320 g/mol. The molecule has 0 amide bonds. The van der Waals surface area contributed by atoms with E-state index in [2.05, 4.69) is 48.0 Å². The molecule has 92 valence electrons. The lowest BCUT2D eigenvalue weighted by molar-refractivity contribution is 0.112. The van der Waals surface area contributed by atoms with Crippen molar-refractivity contribution in [3.8, 4) is 0 Å². The van der Waals surface area contributed by atoms with E-state index in [0.717, 1.165) is 21.2 Å². The molecule has 0 aliphatic heterocycles. The molecule has 2 rings (SSSR count). The molecular weight excluding hydrogens is 308 g/mol. The van der Waals surface area contributed by atoms with Gasteiger partial charge in [0.25, 0.3) is 0 Å². The Hall–Kier alpha value is -1.06. The zero-order valence-corrected chi connectivity index (χ0v) is 12.6. The van der Waals surface area contributed by atoms with Crippen LogP contribution >= 0.6 is 27.7 Å². The Morgan fingerprint density at radius 3 is 2.56 bits per heavy atom. The van der Waals surface area contributed by atoms with Crippen LogP contribution in [0.5, 0.6) is 0 Å². The first-order valence-corrected chi connectivity index (χ1v) is 7.21. The molecule has 0 unspecified atom stereocenters. The summed E-state index contributed by atoms with van der Waals surface area (Å²) in [6.07, 6.45) is 0.903. The Labute approximate surface area is 120 Å². The van der Waals surface area contributed by atoms with Crippen LogP contribution in [-0.4, -0.2) is 6.29 Å². The predicted octanol–water partition coefficient (Wildman–Crippen LogP) is 5.03. The van der Waals surface area contributed by atoms with Crippen molar-refractivity contribution >= 4 is 34.0 Å². The molecule has 0 spiro atoms. The van der Waals surface area contributed by atoms with Gasteiger partial charge in [0, 0.05) is 19.8 Å². The van der Waals surface area contributed by atoms with Gasteiger partial charge < -0.3 is 0 Å². The van der Waals surface area contributed by atoms with Crippen LogP contribution in [0.2, 0.25) is 0 Å². The van der Waals surface area contributed by atoms with Crippen LogP contribution in [0.25, 0.3) is 0 Å². The maximum Gasteiger partial charge on any atom is 0.151 e. The van der Waals surface area contributed by atoms with Crippen molar-refractivity contribution in [2.75, 3.05) is 0 Å². The fourth-order valence-corrected chi connectivity index (χ4v) is 3.27. The number of hydrogen-bond acceptors (Lipinski definition) is 2. The summed E-state index contributed by atoms with van der Waals surface area (Å²) in [6.45, 7) is 4.16. The van der Waals surface area contributed by atoms with E-state index in [9.17, 15) is 4.79 Å². The molecule has 0 bridgehead atoms. The van der Waals surface area contributed by atoms with Crippen molar-refractivity contribution in [3.63, 3.8) is 0 Å². The van der Waals surface area contributed by atoms with E-state index in [1.165, 1.54) is 16.0 Å². The van der Waals surface area contributed by atoms with Crippen LogP contribution in [0, 0.1) is 13.8 Å². The number of halogens is 1. The van der Waals surface area contributed by atoms with Crippen molar-refractivity contribution < 1.29 is 4.79 Å². The highest BCUT2D eigenvalue weighted by Crippen LogP contribution is 2.34. The Morgan fingerprint density at radius 2 is 1.83 bits per heavy atom. The molecule has 0 aromatic heterocycles. The molecule has 0 radical (unpaired) electrons. The van der Waals surface area contributed by atoms with Gasteiger partial charge in [-0.3, -0.25) is 4.79 Å². The molecule has 2 aromatic rings. The van der Waals surface area contributed by atoms with Gasteiger partial charge in [-0.2, -0.15) is 0 Å². The molecule has 0 saturated heterocycles. The minimum Gasteiger partial charge on any atom is -0.298 e. The third kappa shape index (κ3) is 3.03. The molecule has 0 saturated carbocycles. The van der Waals surface area contributed by atoms with E-state index in [4.69, 9.17) is 0 Å². The fraction of sp³-hybridized carbons (Fsp3) is 0.133. The molecule has 0 atom stereocenters. The number of rotatable bonds is 3. The fourth-order valence-electron chi connectivity index (χ4n) is 1.63. The van der Waals surface area contributed by atoms with Crippen LogP contribution < -0.4 is 0 Å². The van der Waals surface area contributed by atoms with Gasteiger partial charge >= 0.3 is 0 Å². The second-order valence-corrected chi connectivity index (χ2v) is 6.17. The third-order valence-corrected chi connectivity index (χ3v) is 4.39. The molecule has 18 heavy (non-hydrogen) atoms. The molecule has 0 aliphatic rings. The number of hydrogen-bond donors (Lipinski definition) is 0. The van der Waals surface area contributed by atoms with E-state index < -0.39 is 0 Å². The first-order valence-electron chi connectivity index (χ1n) is 5.60. The number of aldehydes is 1. The molecule has 2 aromatic carbocycles. The highest BCUT2D eigenvalue weighted by atomic mass is 79.9. The van der Waals surface area contributed by atoms with Crippen LogP contribution in [0.1, 0.15) is 21.5 Å². The smallest absolute Gasteiger partial charge is 0.151 e. The average Bonchev–Trinajstić information content (AvgIpc) is 2.34. The Bertz CT molecular complexity index is 593. The SMILES string of the molecule is Cc1ccc(C)c(Sc2cc(Br)ccc2C=O)c1. The summed E-state index contributed by atoms with van der Waals surface area (Å²) >= 11 is 5.08. The first-order chi connectivity index (χ1) is 8.60. The minimum absolute atomic E-state index is 0.726. The number of carbonyl (C=O) groups excluding carboxylic acids is 1. The summed E-state index contributed by atoms with van der Waals surface area (Å²) in [5.74, 6) is 0. The van der Waals surface area contributed by atoms with Crippen LogP contribution in [0.15, 0.2) is 50.7 Å². The van der Waals surface area contributed by atoms with Gasteiger partial charge in [-0.05, 0) is 49.2 Å². The van der Waals surface area contributed by atoms with Gasteiger partial charge in [-0.1, -0.05) is 39.8 Å². The maximum atomic E-state index is 11.1. The molecular formula is C15H13BrOS. The highest BCUT2D eigenvalue weighted by molar-refractivity contribution is 9.10. The predicted molar refractivity (Wildman–Crippen MR) is 79.6 cm³/mol. The van der Waals surface area contributed by atoms with Gasteiger partial charge in [0.2, 0.25) is 0 Å². The van der Waals surface area contributed by atoms with Crippen molar-refractivity contribution in [2.45, 2.75) is 23.6 Å². The molecule has 0 heterocycles. The van der Waals surface area contributed by atoms with E-state index in [1.54, 1.807) is 11.8 Å². The summed E-state index contributed by atoms with van der Waals surface area (Å²) in [5, 5.41) is 0. The second kappa shape index (κ2) is 5.72. The normalized spacial score (nSPS) is 10.4. The lowest BCUT2D eigenvalue weighted by atomic mass is 10.2. The molecule has 1 nitrogen and oxygen atoms in total. The quantitative estimate of drug-likeness (QED) is 0.738. The van der Waals surface area contributed by atoms with Crippen molar-refractivity contribution in [2.24, 2.45) is 0 Å². The van der Waals surface area contributed by atoms with Gasteiger partial charge in [0.05, 0.1) is 0 Å². The largest absolute Gasteiger partial charge is 0.298 e. The molecule has 3 heteroatoms. The van der Waals surface area contributed by atoms with Gasteiger partial charge in [-0.15, -0.1) is 0 Å². The Kier molecular flexibility index (Phi) is 4.25. The van der Waals surface area contributed by atoms with Crippen molar-refractivity contribution in [3.05, 3.63) is 57.6 Å². The molecule has 0 fully saturated rings. The summed E-state index contributed by atoms with van der Waals surface area (Å²) in [4.78, 5) is 13.2. The molecule has 0 N–H and O–H groups in total. The van der Waals surface area contributed by atoms with Gasteiger partial charge in [-0.25, -0.2) is 0 Å². The number of benzene rings is 2. The van der Waals surface area contributed by atoms with E-state index >= 15 is 0 Å². The number of carbonyl (C=O) groups is 1. The maximum absolute atomic E-state index is 11.1. The van der Waals surface area contributed by atoms with Crippen LogP contribution in [0.4, 0.5) is 0 Å².